The van der Waals surface area contributed by atoms with Crippen molar-refractivity contribution in [2.75, 3.05) is 13.2 Å². The van der Waals surface area contributed by atoms with Crippen molar-refractivity contribution in [1.29, 1.82) is 0 Å². The molecule has 22 heavy (non-hydrogen) atoms. The van der Waals surface area contributed by atoms with E-state index in [2.05, 4.69) is 0 Å². The van der Waals surface area contributed by atoms with Gasteiger partial charge in [-0.05, 0) is 18.2 Å². The van der Waals surface area contributed by atoms with Gasteiger partial charge in [-0.3, -0.25) is 0 Å². The van der Waals surface area contributed by atoms with Crippen LogP contribution in [0.2, 0.25) is 0 Å². The standard InChI is InChI=1S/C14H12BF4O2.K/c16-14-10-12(6-7-13(14)15(17,18)19)21-9-8-20-11-4-2-1-3-5-11;/h1-7,10H,8-9H2;/q-1;+1. The molecule has 0 amide bonds. The van der Waals surface area contributed by atoms with Gasteiger partial charge in [-0.25, -0.2) is 4.39 Å². The molecule has 0 bridgehead atoms. The number of para-hydroxylation sites is 1. The maximum atomic E-state index is 13.3. The average molecular weight is 338 g/mol. The van der Waals surface area contributed by atoms with E-state index >= 15 is 0 Å². The van der Waals surface area contributed by atoms with Crippen LogP contribution in [0.1, 0.15) is 0 Å². The molecule has 2 nitrogen and oxygen atoms in total. The second kappa shape index (κ2) is 8.93. The Morgan fingerprint density at radius 2 is 1.41 bits per heavy atom. The van der Waals surface area contributed by atoms with Crippen LogP contribution in [0.3, 0.4) is 0 Å². The molecule has 112 valence electrons. The Labute approximate surface area is 168 Å². The molecule has 2 aromatic carbocycles. The van der Waals surface area contributed by atoms with Gasteiger partial charge in [-0.15, -0.1) is 0 Å². The molecule has 0 radical (unpaired) electrons. The summed E-state index contributed by atoms with van der Waals surface area (Å²) in [5, 5.41) is 0. The first-order valence-corrected chi connectivity index (χ1v) is 6.27. The molecule has 0 aliphatic heterocycles. The zero-order valence-corrected chi connectivity index (χ0v) is 15.1. The molecule has 8 heteroatoms. The van der Waals surface area contributed by atoms with Crippen molar-refractivity contribution in [3.8, 4) is 11.5 Å². The first-order chi connectivity index (χ1) is 9.97. The third-order valence-electron chi connectivity index (χ3n) is 2.69. The van der Waals surface area contributed by atoms with E-state index < -0.39 is 18.3 Å². The Bertz CT molecular complexity index is 593. The fraction of sp³-hybridized carbons (Fsp3) is 0.143. The summed E-state index contributed by atoms with van der Waals surface area (Å²) < 4.78 is 61.1. The number of hydrogen-bond acceptors (Lipinski definition) is 2. The summed E-state index contributed by atoms with van der Waals surface area (Å²) in [7, 11) is 0. The first kappa shape index (κ1) is 19.5. The number of ether oxygens (including phenoxy) is 2. The average Bonchev–Trinajstić information content (AvgIpc) is 2.43. The van der Waals surface area contributed by atoms with Gasteiger partial charge in [0.05, 0.1) is 5.82 Å². The Hall–Kier alpha value is -0.539. The van der Waals surface area contributed by atoms with E-state index in [0.717, 1.165) is 12.1 Å². The Kier molecular flexibility index (Phi) is 7.92. The zero-order chi connectivity index (χ0) is 15.3. The zero-order valence-electron chi connectivity index (χ0n) is 11.9. The molecule has 2 rings (SSSR count). The predicted octanol–water partition coefficient (Wildman–Crippen LogP) is 0.342. The van der Waals surface area contributed by atoms with E-state index in [-0.39, 0.29) is 70.3 Å². The molecule has 0 saturated carbocycles. The summed E-state index contributed by atoms with van der Waals surface area (Å²) in [5.74, 6) is -0.640. The van der Waals surface area contributed by atoms with Crippen LogP contribution >= 0.6 is 0 Å². The van der Waals surface area contributed by atoms with E-state index in [0.29, 0.717) is 11.8 Å². The fourth-order valence-corrected chi connectivity index (χ4v) is 1.70. The van der Waals surface area contributed by atoms with Gasteiger partial charge < -0.3 is 22.4 Å². The summed E-state index contributed by atoms with van der Waals surface area (Å²) in [6.45, 7) is -5.05. The maximum Gasteiger partial charge on any atom is 1.00 e. The quantitative estimate of drug-likeness (QED) is 0.430. The summed E-state index contributed by atoms with van der Waals surface area (Å²) in [6.07, 6.45) is 0. The SMILES string of the molecule is Fc1cc(OCCOc2ccccc2)ccc1[B-](F)(F)F.[K+]. The van der Waals surface area contributed by atoms with Gasteiger partial charge in [-0.2, -0.15) is 0 Å². The van der Waals surface area contributed by atoms with Crippen LogP contribution < -0.4 is 66.3 Å². The van der Waals surface area contributed by atoms with Gasteiger partial charge in [0.25, 0.3) is 0 Å². The van der Waals surface area contributed by atoms with Crippen molar-refractivity contribution >= 4 is 12.4 Å². The molecule has 0 aliphatic rings. The van der Waals surface area contributed by atoms with Crippen molar-refractivity contribution in [2.45, 2.75) is 0 Å². The molecule has 0 unspecified atom stereocenters. The van der Waals surface area contributed by atoms with Crippen LogP contribution in [-0.2, 0) is 0 Å². The molecular weight excluding hydrogens is 326 g/mol. The van der Waals surface area contributed by atoms with Gasteiger partial charge in [0.2, 0.25) is 0 Å². The number of benzene rings is 2. The summed E-state index contributed by atoms with van der Waals surface area (Å²) in [5.41, 5.74) is -1.25. The summed E-state index contributed by atoms with van der Waals surface area (Å²) >= 11 is 0. The molecule has 0 atom stereocenters. The minimum absolute atomic E-state index is 0. The minimum atomic E-state index is -5.35. The summed E-state index contributed by atoms with van der Waals surface area (Å²) in [4.78, 5) is 0. The number of hydrogen-bond donors (Lipinski definition) is 0. The van der Waals surface area contributed by atoms with E-state index in [9.17, 15) is 17.3 Å². The van der Waals surface area contributed by atoms with Gasteiger partial charge in [0, 0.05) is 6.07 Å². The smallest absolute Gasteiger partial charge is 0.490 e. The van der Waals surface area contributed by atoms with Crippen LogP contribution in [-0.4, -0.2) is 20.2 Å². The molecule has 0 aliphatic carbocycles. The Morgan fingerprint density at radius 3 is 1.95 bits per heavy atom. The predicted molar refractivity (Wildman–Crippen MR) is 72.5 cm³/mol. The topological polar surface area (TPSA) is 18.5 Å². The third-order valence-corrected chi connectivity index (χ3v) is 2.69. The molecule has 2 aromatic rings. The van der Waals surface area contributed by atoms with Crippen molar-refractivity contribution in [2.24, 2.45) is 0 Å². The van der Waals surface area contributed by atoms with Crippen LogP contribution in [0.25, 0.3) is 0 Å². The van der Waals surface area contributed by atoms with E-state index in [1.54, 1.807) is 12.1 Å². The molecule has 0 spiro atoms. The molecular formula is C14H12BF4KO2. The molecule has 0 fully saturated rings. The normalized spacial score (nSPS) is 10.7. The molecule has 0 aromatic heterocycles. The van der Waals surface area contributed by atoms with Crippen molar-refractivity contribution in [3.63, 3.8) is 0 Å². The van der Waals surface area contributed by atoms with Gasteiger partial charge in [-0.1, -0.05) is 29.7 Å². The van der Waals surface area contributed by atoms with Crippen LogP contribution in [0.5, 0.6) is 11.5 Å². The van der Waals surface area contributed by atoms with Crippen molar-refractivity contribution in [1.82, 2.24) is 0 Å². The monoisotopic (exact) mass is 338 g/mol. The second-order valence-corrected chi connectivity index (χ2v) is 4.27. The Balaban J connectivity index is 0.00000242. The van der Waals surface area contributed by atoms with Gasteiger partial charge in [0.15, 0.2) is 0 Å². The Morgan fingerprint density at radius 1 is 0.818 bits per heavy atom. The van der Waals surface area contributed by atoms with Crippen LogP contribution in [0.15, 0.2) is 48.5 Å². The van der Waals surface area contributed by atoms with Crippen LogP contribution in [0, 0.1) is 5.82 Å². The van der Waals surface area contributed by atoms with E-state index in [1.807, 2.05) is 18.2 Å². The number of rotatable bonds is 6. The van der Waals surface area contributed by atoms with Gasteiger partial charge in [0.1, 0.15) is 24.7 Å². The first-order valence-electron chi connectivity index (χ1n) is 6.27. The molecule has 0 saturated heterocycles. The molecule has 0 heterocycles. The van der Waals surface area contributed by atoms with E-state index in [1.165, 1.54) is 0 Å². The fourth-order valence-electron chi connectivity index (χ4n) is 1.70. The number of halogens is 4. The maximum absolute atomic E-state index is 13.3. The second-order valence-electron chi connectivity index (χ2n) is 4.27. The third kappa shape index (κ3) is 5.92. The largest absolute Gasteiger partial charge is 1.00 e. The van der Waals surface area contributed by atoms with Crippen molar-refractivity contribution < 1.29 is 78.2 Å². The van der Waals surface area contributed by atoms with Gasteiger partial charge >= 0.3 is 58.4 Å². The molecule has 0 N–H and O–H groups in total. The summed E-state index contributed by atoms with van der Waals surface area (Å²) in [6, 6.07) is 11.5. The van der Waals surface area contributed by atoms with Crippen molar-refractivity contribution in [3.05, 3.63) is 54.3 Å². The minimum Gasteiger partial charge on any atom is -0.490 e. The van der Waals surface area contributed by atoms with Crippen LogP contribution in [0.4, 0.5) is 17.3 Å². The van der Waals surface area contributed by atoms with E-state index in [4.69, 9.17) is 9.47 Å².